The minimum atomic E-state index is -0.525. The second-order valence-electron chi connectivity index (χ2n) is 3.70. The van der Waals surface area contributed by atoms with Crippen molar-refractivity contribution in [2.24, 2.45) is 0 Å². The average molecular weight is 258 g/mol. The molecule has 0 fully saturated rings. The predicted molar refractivity (Wildman–Crippen MR) is 67.7 cm³/mol. The fourth-order valence-corrected chi connectivity index (χ4v) is 1.65. The molecule has 0 unspecified atom stereocenters. The molecule has 1 aromatic heterocycles. The molecule has 0 N–H and O–H groups in total. The highest BCUT2D eigenvalue weighted by molar-refractivity contribution is 5.96. The fraction of sp³-hybridized carbons (Fsp3) is 0.0769. The van der Waals surface area contributed by atoms with Crippen LogP contribution in [0.3, 0.4) is 0 Å². The molecule has 0 bridgehead atoms. The van der Waals surface area contributed by atoms with Crippen molar-refractivity contribution in [3.05, 3.63) is 58.3 Å². The molecule has 6 nitrogen and oxygen atoms in total. The summed E-state index contributed by atoms with van der Waals surface area (Å²) >= 11 is 0. The van der Waals surface area contributed by atoms with Crippen molar-refractivity contribution in [2.45, 2.75) is 0 Å². The van der Waals surface area contributed by atoms with E-state index >= 15 is 0 Å². The molecule has 0 radical (unpaired) electrons. The summed E-state index contributed by atoms with van der Waals surface area (Å²) in [4.78, 5) is 25.7. The summed E-state index contributed by atoms with van der Waals surface area (Å²) < 4.78 is 4.69. The number of ether oxygens (including phenoxy) is 1. The summed E-state index contributed by atoms with van der Waals surface area (Å²) in [5.41, 5.74) is 1.32. The Bertz CT molecular complexity index is 623. The van der Waals surface area contributed by atoms with Crippen LogP contribution in [-0.4, -0.2) is 23.0 Å². The Labute approximate surface area is 108 Å². The predicted octanol–water partition coefficient (Wildman–Crippen LogP) is 2.44. The number of nitrogens with zero attached hydrogens (tertiary/aromatic N) is 2. The van der Waals surface area contributed by atoms with Crippen LogP contribution < -0.4 is 0 Å². The lowest BCUT2D eigenvalue weighted by Gasteiger charge is -2.06. The zero-order valence-electron chi connectivity index (χ0n) is 10.1. The Morgan fingerprint density at radius 2 is 2.00 bits per heavy atom. The van der Waals surface area contributed by atoms with E-state index in [0.717, 1.165) is 6.20 Å². The number of pyridine rings is 1. The lowest BCUT2D eigenvalue weighted by Crippen LogP contribution is -2.03. The Balaban J connectivity index is 2.47. The van der Waals surface area contributed by atoms with E-state index < -0.39 is 10.9 Å². The zero-order chi connectivity index (χ0) is 13.8. The van der Waals surface area contributed by atoms with Gasteiger partial charge in [-0.1, -0.05) is 18.2 Å². The molecule has 2 rings (SSSR count). The molecule has 0 aliphatic heterocycles. The SMILES string of the molecule is COC(=O)c1ccccc1-c1ccc([N+](=O)[O-])cn1. The topological polar surface area (TPSA) is 82.3 Å². The van der Waals surface area contributed by atoms with Crippen LogP contribution in [0.2, 0.25) is 0 Å². The van der Waals surface area contributed by atoms with Gasteiger partial charge in [0.15, 0.2) is 0 Å². The van der Waals surface area contributed by atoms with E-state index in [1.165, 1.54) is 19.2 Å². The quantitative estimate of drug-likeness (QED) is 0.479. The first-order valence-corrected chi connectivity index (χ1v) is 5.41. The van der Waals surface area contributed by atoms with Gasteiger partial charge in [-0.3, -0.25) is 10.1 Å². The molecule has 0 saturated carbocycles. The smallest absolute Gasteiger partial charge is 0.338 e. The fourth-order valence-electron chi connectivity index (χ4n) is 1.65. The van der Waals surface area contributed by atoms with E-state index in [1.54, 1.807) is 24.3 Å². The maximum Gasteiger partial charge on any atom is 0.338 e. The third kappa shape index (κ3) is 2.57. The molecule has 0 atom stereocenters. The van der Waals surface area contributed by atoms with E-state index in [2.05, 4.69) is 9.72 Å². The molecule has 96 valence electrons. The van der Waals surface area contributed by atoms with Crippen molar-refractivity contribution in [3.8, 4) is 11.3 Å². The van der Waals surface area contributed by atoms with E-state index in [9.17, 15) is 14.9 Å². The number of hydrogen-bond donors (Lipinski definition) is 0. The van der Waals surface area contributed by atoms with Crippen LogP contribution in [0.4, 0.5) is 5.69 Å². The summed E-state index contributed by atoms with van der Waals surface area (Å²) in [5.74, 6) is -0.476. The average Bonchev–Trinajstić information content (AvgIpc) is 2.46. The lowest BCUT2D eigenvalue weighted by atomic mass is 10.0. The number of methoxy groups -OCH3 is 1. The Morgan fingerprint density at radius 3 is 2.58 bits per heavy atom. The van der Waals surface area contributed by atoms with Crippen LogP contribution in [-0.2, 0) is 4.74 Å². The number of rotatable bonds is 3. The highest BCUT2D eigenvalue weighted by Gasteiger charge is 2.14. The minimum Gasteiger partial charge on any atom is -0.465 e. The second-order valence-corrected chi connectivity index (χ2v) is 3.70. The summed E-state index contributed by atoms with van der Waals surface area (Å²) in [5, 5.41) is 10.6. The van der Waals surface area contributed by atoms with Gasteiger partial charge in [-0.05, 0) is 12.1 Å². The zero-order valence-corrected chi connectivity index (χ0v) is 10.1. The van der Waals surface area contributed by atoms with Crippen LogP contribution in [0.1, 0.15) is 10.4 Å². The second kappa shape index (κ2) is 5.26. The number of nitro groups is 1. The van der Waals surface area contributed by atoms with Gasteiger partial charge < -0.3 is 4.74 Å². The van der Waals surface area contributed by atoms with Crippen molar-refractivity contribution >= 4 is 11.7 Å². The van der Waals surface area contributed by atoms with Gasteiger partial charge in [0.2, 0.25) is 0 Å². The van der Waals surface area contributed by atoms with Gasteiger partial charge in [-0.25, -0.2) is 9.78 Å². The van der Waals surface area contributed by atoms with Gasteiger partial charge in [0.25, 0.3) is 5.69 Å². The van der Waals surface area contributed by atoms with E-state index in [0.29, 0.717) is 16.8 Å². The maximum atomic E-state index is 11.6. The van der Waals surface area contributed by atoms with Gasteiger partial charge in [-0.2, -0.15) is 0 Å². The van der Waals surface area contributed by atoms with Crippen molar-refractivity contribution < 1.29 is 14.5 Å². The summed E-state index contributed by atoms with van der Waals surface area (Å²) in [6, 6.07) is 9.63. The van der Waals surface area contributed by atoms with Crippen molar-refractivity contribution in [1.82, 2.24) is 4.98 Å². The van der Waals surface area contributed by atoms with E-state index in [4.69, 9.17) is 0 Å². The van der Waals surface area contributed by atoms with Crippen LogP contribution in [0.5, 0.6) is 0 Å². The largest absolute Gasteiger partial charge is 0.465 e. The first kappa shape index (κ1) is 12.7. The Hall–Kier alpha value is -2.76. The Morgan fingerprint density at radius 1 is 1.26 bits per heavy atom. The highest BCUT2D eigenvalue weighted by Crippen LogP contribution is 2.23. The van der Waals surface area contributed by atoms with Crippen molar-refractivity contribution in [2.75, 3.05) is 7.11 Å². The molecular weight excluding hydrogens is 248 g/mol. The molecule has 1 aromatic carbocycles. The monoisotopic (exact) mass is 258 g/mol. The van der Waals surface area contributed by atoms with E-state index in [-0.39, 0.29) is 5.69 Å². The van der Waals surface area contributed by atoms with Gasteiger partial charge in [-0.15, -0.1) is 0 Å². The first-order valence-electron chi connectivity index (χ1n) is 5.41. The minimum absolute atomic E-state index is 0.0979. The van der Waals surface area contributed by atoms with Gasteiger partial charge in [0, 0.05) is 11.6 Å². The number of carbonyl (C=O) groups excluding carboxylic acids is 1. The molecule has 0 aliphatic rings. The molecular formula is C13H10N2O4. The van der Waals surface area contributed by atoms with Gasteiger partial charge >= 0.3 is 5.97 Å². The molecule has 2 aromatic rings. The number of hydrogen-bond acceptors (Lipinski definition) is 5. The molecule has 1 heterocycles. The number of aromatic nitrogens is 1. The molecule has 19 heavy (non-hydrogen) atoms. The lowest BCUT2D eigenvalue weighted by molar-refractivity contribution is -0.385. The summed E-state index contributed by atoms with van der Waals surface area (Å²) in [6.07, 6.45) is 1.16. The Kier molecular flexibility index (Phi) is 3.51. The molecule has 0 saturated heterocycles. The molecule has 0 amide bonds. The molecule has 6 heteroatoms. The third-order valence-corrected chi connectivity index (χ3v) is 2.57. The van der Waals surface area contributed by atoms with Crippen LogP contribution >= 0.6 is 0 Å². The summed E-state index contributed by atoms with van der Waals surface area (Å²) in [6.45, 7) is 0. The normalized spacial score (nSPS) is 9.95. The standard InChI is InChI=1S/C13H10N2O4/c1-19-13(16)11-5-3-2-4-10(11)12-7-6-9(8-14-12)15(17)18/h2-8H,1H3. The molecule has 0 spiro atoms. The van der Waals surface area contributed by atoms with Crippen molar-refractivity contribution in [3.63, 3.8) is 0 Å². The summed E-state index contributed by atoms with van der Waals surface area (Å²) in [7, 11) is 1.29. The highest BCUT2D eigenvalue weighted by atomic mass is 16.6. The third-order valence-electron chi connectivity index (χ3n) is 2.57. The van der Waals surface area contributed by atoms with Crippen LogP contribution in [0, 0.1) is 10.1 Å². The maximum absolute atomic E-state index is 11.6. The molecule has 0 aliphatic carbocycles. The number of esters is 1. The van der Waals surface area contributed by atoms with Crippen LogP contribution in [0.25, 0.3) is 11.3 Å². The number of carbonyl (C=O) groups is 1. The van der Waals surface area contributed by atoms with E-state index in [1.807, 2.05) is 0 Å². The van der Waals surface area contributed by atoms with Gasteiger partial charge in [0.05, 0.1) is 23.3 Å². The first-order chi connectivity index (χ1) is 9.13. The van der Waals surface area contributed by atoms with Crippen molar-refractivity contribution in [1.29, 1.82) is 0 Å². The van der Waals surface area contributed by atoms with Gasteiger partial charge in [0.1, 0.15) is 6.20 Å². The number of benzene rings is 1. The van der Waals surface area contributed by atoms with Crippen LogP contribution in [0.15, 0.2) is 42.6 Å².